The Kier molecular flexibility index (Phi) is 2.46. The highest BCUT2D eigenvalue weighted by molar-refractivity contribution is 5.90. The number of carbonyl (C=O) groups is 2. The Morgan fingerprint density at radius 2 is 2.50 bits per heavy atom. The molecule has 18 heavy (non-hydrogen) atoms. The van der Waals surface area contributed by atoms with Crippen molar-refractivity contribution in [3.63, 3.8) is 0 Å². The van der Waals surface area contributed by atoms with Crippen molar-refractivity contribution in [1.29, 1.82) is 0 Å². The predicted molar refractivity (Wildman–Crippen MR) is 59.8 cm³/mol. The molecule has 1 amide bonds. The van der Waals surface area contributed by atoms with Gasteiger partial charge < -0.3 is 19.5 Å². The van der Waals surface area contributed by atoms with Crippen LogP contribution in [0.5, 0.6) is 0 Å². The molecule has 2 fully saturated rings. The average Bonchev–Trinajstić information content (AvgIpc) is 2.95. The van der Waals surface area contributed by atoms with Crippen LogP contribution in [0.25, 0.3) is 0 Å². The molecule has 2 bridgehead atoms. The highest BCUT2D eigenvalue weighted by atomic mass is 16.5. The predicted octanol–water partition coefficient (Wildman–Crippen LogP) is -0.501. The number of likely N-dealkylation sites (tertiary alicyclic amines) is 1. The average molecular weight is 253 g/mol. The van der Waals surface area contributed by atoms with Gasteiger partial charge >= 0.3 is 5.97 Å². The van der Waals surface area contributed by atoms with Gasteiger partial charge in [0.2, 0.25) is 5.91 Å². The molecule has 3 rings (SSSR count). The molecular weight excluding hydrogens is 238 g/mol. The fourth-order valence-corrected chi connectivity index (χ4v) is 3.25. The van der Waals surface area contributed by atoms with Gasteiger partial charge in [-0.2, -0.15) is 0 Å². The fourth-order valence-electron chi connectivity index (χ4n) is 3.25. The molecule has 6 heteroatoms. The topological polar surface area (TPSA) is 76.1 Å². The standard InChI is InChI=1S/C12H15NO5/c1-17-5-4-13-6-12-3-2-7(18-12)8(11(15)16)9(12)10(13)14/h2-3,7-9H,4-6H2,1H3,(H,15,16)/t7-,8+,9-,12-/m1/s1. The summed E-state index contributed by atoms with van der Waals surface area (Å²) in [7, 11) is 1.57. The van der Waals surface area contributed by atoms with E-state index < -0.39 is 29.5 Å². The van der Waals surface area contributed by atoms with E-state index in [9.17, 15) is 14.7 Å². The number of carbonyl (C=O) groups excluding carboxylic acids is 1. The van der Waals surface area contributed by atoms with Crippen LogP contribution in [-0.2, 0) is 19.1 Å². The zero-order valence-electron chi connectivity index (χ0n) is 10.0. The van der Waals surface area contributed by atoms with Crippen LogP contribution in [0.4, 0.5) is 0 Å². The Morgan fingerprint density at radius 3 is 3.17 bits per heavy atom. The van der Waals surface area contributed by atoms with E-state index in [0.29, 0.717) is 19.7 Å². The van der Waals surface area contributed by atoms with E-state index in [2.05, 4.69) is 0 Å². The van der Waals surface area contributed by atoms with Crippen LogP contribution in [0, 0.1) is 11.8 Å². The molecule has 3 aliphatic heterocycles. The number of carboxylic acids is 1. The molecule has 3 heterocycles. The van der Waals surface area contributed by atoms with Crippen LogP contribution in [0.1, 0.15) is 0 Å². The van der Waals surface area contributed by atoms with E-state index in [4.69, 9.17) is 9.47 Å². The van der Waals surface area contributed by atoms with Gasteiger partial charge in [0.05, 0.1) is 25.2 Å². The molecule has 3 aliphatic rings. The van der Waals surface area contributed by atoms with Crippen molar-refractivity contribution in [2.45, 2.75) is 11.7 Å². The van der Waals surface area contributed by atoms with E-state index in [1.54, 1.807) is 18.1 Å². The fraction of sp³-hybridized carbons (Fsp3) is 0.667. The summed E-state index contributed by atoms with van der Waals surface area (Å²) in [6, 6.07) is 0. The monoisotopic (exact) mass is 253 g/mol. The summed E-state index contributed by atoms with van der Waals surface area (Å²) in [5.41, 5.74) is -0.724. The number of methoxy groups -OCH3 is 1. The first kappa shape index (κ1) is 11.7. The molecule has 2 saturated heterocycles. The zero-order valence-corrected chi connectivity index (χ0v) is 10.0. The zero-order chi connectivity index (χ0) is 12.9. The van der Waals surface area contributed by atoms with Crippen LogP contribution in [0.2, 0.25) is 0 Å². The van der Waals surface area contributed by atoms with Crippen molar-refractivity contribution in [2.75, 3.05) is 26.8 Å². The highest BCUT2D eigenvalue weighted by Gasteiger charge is 2.66. The Morgan fingerprint density at radius 1 is 1.72 bits per heavy atom. The normalized spacial score (nSPS) is 40.6. The summed E-state index contributed by atoms with van der Waals surface area (Å²) in [5.74, 6) is -2.43. The van der Waals surface area contributed by atoms with Crippen molar-refractivity contribution >= 4 is 11.9 Å². The van der Waals surface area contributed by atoms with Crippen molar-refractivity contribution < 1.29 is 24.2 Å². The van der Waals surface area contributed by atoms with E-state index in [0.717, 1.165) is 0 Å². The molecule has 4 atom stereocenters. The second kappa shape index (κ2) is 3.80. The van der Waals surface area contributed by atoms with Gasteiger partial charge in [-0.15, -0.1) is 0 Å². The summed E-state index contributed by atoms with van der Waals surface area (Å²) in [4.78, 5) is 25.2. The largest absolute Gasteiger partial charge is 0.481 e. The van der Waals surface area contributed by atoms with Crippen LogP contribution in [0.15, 0.2) is 12.2 Å². The molecule has 0 aromatic heterocycles. The maximum atomic E-state index is 12.3. The Hall–Kier alpha value is -1.40. The number of rotatable bonds is 4. The molecule has 1 spiro atoms. The Labute approximate surface area is 104 Å². The lowest BCUT2D eigenvalue weighted by atomic mass is 9.77. The molecule has 0 radical (unpaired) electrons. The number of ether oxygens (including phenoxy) is 2. The second-order valence-electron chi connectivity index (χ2n) is 4.99. The van der Waals surface area contributed by atoms with Gasteiger partial charge in [0.1, 0.15) is 11.5 Å². The number of hydrogen-bond acceptors (Lipinski definition) is 4. The quantitative estimate of drug-likeness (QED) is 0.683. The first-order chi connectivity index (χ1) is 8.59. The minimum absolute atomic E-state index is 0.133. The molecule has 0 unspecified atom stereocenters. The first-order valence-electron chi connectivity index (χ1n) is 5.97. The van der Waals surface area contributed by atoms with Crippen molar-refractivity contribution in [3.8, 4) is 0 Å². The minimum atomic E-state index is -0.960. The van der Waals surface area contributed by atoms with E-state index >= 15 is 0 Å². The lowest BCUT2D eigenvalue weighted by Crippen LogP contribution is -2.39. The van der Waals surface area contributed by atoms with Gasteiger partial charge in [-0.25, -0.2) is 0 Å². The summed E-state index contributed by atoms with van der Waals surface area (Å²) in [6.45, 7) is 1.35. The molecule has 0 aromatic carbocycles. The molecule has 6 nitrogen and oxygen atoms in total. The first-order valence-corrected chi connectivity index (χ1v) is 5.97. The second-order valence-corrected chi connectivity index (χ2v) is 4.99. The van der Waals surface area contributed by atoms with Crippen molar-refractivity contribution in [2.24, 2.45) is 11.8 Å². The van der Waals surface area contributed by atoms with Gasteiger partial charge in [0, 0.05) is 13.7 Å². The molecule has 98 valence electrons. The van der Waals surface area contributed by atoms with Gasteiger partial charge in [0.15, 0.2) is 0 Å². The number of fused-ring (bicyclic) bond motifs is 1. The van der Waals surface area contributed by atoms with Gasteiger partial charge in [-0.05, 0) is 0 Å². The number of amides is 1. The third-order valence-electron chi connectivity index (χ3n) is 4.03. The van der Waals surface area contributed by atoms with Crippen LogP contribution < -0.4 is 0 Å². The number of nitrogens with zero attached hydrogens (tertiary/aromatic N) is 1. The maximum absolute atomic E-state index is 12.3. The van der Waals surface area contributed by atoms with Gasteiger partial charge in [-0.3, -0.25) is 9.59 Å². The van der Waals surface area contributed by atoms with Crippen LogP contribution >= 0.6 is 0 Å². The van der Waals surface area contributed by atoms with Crippen molar-refractivity contribution in [1.82, 2.24) is 4.90 Å². The van der Waals surface area contributed by atoms with E-state index in [1.165, 1.54) is 0 Å². The summed E-state index contributed by atoms with van der Waals surface area (Å²) >= 11 is 0. The smallest absolute Gasteiger partial charge is 0.310 e. The van der Waals surface area contributed by atoms with Gasteiger partial charge in [0.25, 0.3) is 0 Å². The summed E-state index contributed by atoms with van der Waals surface area (Å²) < 4.78 is 10.7. The lowest BCUT2D eigenvalue weighted by molar-refractivity contribution is -0.148. The third kappa shape index (κ3) is 1.36. The van der Waals surface area contributed by atoms with Gasteiger partial charge in [-0.1, -0.05) is 12.2 Å². The minimum Gasteiger partial charge on any atom is -0.481 e. The molecule has 1 N–H and O–H groups in total. The third-order valence-corrected chi connectivity index (χ3v) is 4.03. The summed E-state index contributed by atoms with van der Waals surface area (Å²) in [6.07, 6.45) is 3.16. The highest BCUT2D eigenvalue weighted by Crippen LogP contribution is 2.51. The number of carboxylic acid groups (broad SMARTS) is 1. The number of aliphatic carboxylic acids is 1. The Bertz CT molecular complexity index is 434. The van der Waals surface area contributed by atoms with Crippen molar-refractivity contribution in [3.05, 3.63) is 12.2 Å². The Balaban J connectivity index is 1.87. The number of hydrogen-bond donors (Lipinski definition) is 1. The van der Waals surface area contributed by atoms with Crippen LogP contribution in [0.3, 0.4) is 0 Å². The maximum Gasteiger partial charge on any atom is 0.310 e. The molecular formula is C12H15NO5. The molecule has 0 aliphatic carbocycles. The van der Waals surface area contributed by atoms with E-state index in [1.807, 2.05) is 6.08 Å². The molecule has 0 aromatic rings. The lowest BCUT2D eigenvalue weighted by Gasteiger charge is -2.21. The SMILES string of the molecule is COCCN1C[C@@]23C=C[C@@H](O2)[C@H](C(=O)O)[C@@H]3C1=O. The van der Waals surface area contributed by atoms with Crippen LogP contribution in [-0.4, -0.2) is 60.4 Å². The summed E-state index contributed by atoms with van der Waals surface area (Å²) in [5, 5.41) is 9.25. The van der Waals surface area contributed by atoms with E-state index in [-0.39, 0.29) is 5.91 Å². The molecule has 0 saturated carbocycles.